The van der Waals surface area contributed by atoms with Crippen molar-refractivity contribution in [2.24, 2.45) is 0 Å². The van der Waals surface area contributed by atoms with Gasteiger partial charge in [0.25, 0.3) is 0 Å². The van der Waals surface area contributed by atoms with Crippen LogP contribution in [0.15, 0.2) is 18.2 Å². The van der Waals surface area contributed by atoms with Gasteiger partial charge in [0.1, 0.15) is 0 Å². The van der Waals surface area contributed by atoms with E-state index >= 15 is 0 Å². The number of urea groups is 1. The third-order valence-electron chi connectivity index (χ3n) is 2.38. The first-order valence-corrected chi connectivity index (χ1v) is 6.55. The fourth-order valence-corrected chi connectivity index (χ4v) is 2.06. The highest BCUT2D eigenvalue weighted by Gasteiger charge is 2.08. The molecule has 1 aromatic rings. The smallest absolute Gasteiger partial charge is 0.319 e. The number of hydrogen-bond acceptors (Lipinski definition) is 2. The minimum atomic E-state index is -0.241. The third-order valence-corrected chi connectivity index (χ3v) is 3.05. The molecule has 1 aromatic carbocycles. The number of benzene rings is 1. The van der Waals surface area contributed by atoms with Gasteiger partial charge in [0, 0.05) is 21.9 Å². The summed E-state index contributed by atoms with van der Waals surface area (Å²) in [5.74, 6) is 0. The lowest BCUT2D eigenvalue weighted by molar-refractivity contribution is 0.241. The van der Waals surface area contributed by atoms with Crippen molar-refractivity contribution in [1.82, 2.24) is 5.32 Å². The van der Waals surface area contributed by atoms with Crippen molar-refractivity contribution in [3.05, 3.63) is 27.3 Å². The number of carbonyl (C=O) groups is 1. The maximum absolute atomic E-state index is 11.6. The lowest BCUT2D eigenvalue weighted by Crippen LogP contribution is -2.36. The van der Waals surface area contributed by atoms with E-state index in [1.165, 1.54) is 0 Å². The summed E-state index contributed by atoms with van der Waals surface area (Å²) in [5.41, 5.74) is 1.83. The van der Waals surface area contributed by atoms with Crippen molar-refractivity contribution < 1.29 is 9.90 Å². The SMILES string of the molecule is Cc1cc(I)ccc1NC(=O)N[C@@H](C)CCO. The van der Waals surface area contributed by atoms with Gasteiger partial charge in [-0.1, -0.05) is 0 Å². The van der Waals surface area contributed by atoms with Crippen LogP contribution in [0.1, 0.15) is 18.9 Å². The lowest BCUT2D eigenvalue weighted by Gasteiger charge is -2.14. The zero-order chi connectivity index (χ0) is 12.8. The number of aliphatic hydroxyl groups excluding tert-OH is 1. The maximum atomic E-state index is 11.6. The van der Waals surface area contributed by atoms with Crippen LogP contribution in [0.4, 0.5) is 10.5 Å². The number of nitrogens with one attached hydrogen (secondary N) is 2. The molecule has 4 nitrogen and oxygen atoms in total. The largest absolute Gasteiger partial charge is 0.396 e. The van der Waals surface area contributed by atoms with Crippen molar-refractivity contribution in [1.29, 1.82) is 0 Å². The van der Waals surface area contributed by atoms with Gasteiger partial charge in [0.05, 0.1) is 0 Å². The molecule has 0 heterocycles. The van der Waals surface area contributed by atoms with Gasteiger partial charge >= 0.3 is 6.03 Å². The summed E-state index contributed by atoms with van der Waals surface area (Å²) in [6.07, 6.45) is 0.555. The standard InChI is InChI=1S/C12H17IN2O2/c1-8-7-10(13)3-4-11(8)15-12(17)14-9(2)5-6-16/h3-4,7,9,16H,5-6H2,1-2H3,(H2,14,15,17)/t9-/m0/s1. The second kappa shape index (κ2) is 6.80. The Kier molecular flexibility index (Phi) is 5.70. The average Bonchev–Trinajstić information content (AvgIpc) is 2.22. The summed E-state index contributed by atoms with van der Waals surface area (Å²) >= 11 is 2.23. The van der Waals surface area contributed by atoms with Crippen molar-refractivity contribution in [2.75, 3.05) is 11.9 Å². The Morgan fingerprint density at radius 2 is 2.24 bits per heavy atom. The second-order valence-corrected chi connectivity index (χ2v) is 5.22. The number of aryl methyl sites for hydroxylation is 1. The normalized spacial score (nSPS) is 12.0. The predicted molar refractivity (Wildman–Crippen MR) is 77.2 cm³/mol. The molecule has 2 amide bonds. The molecular weight excluding hydrogens is 331 g/mol. The molecule has 3 N–H and O–H groups in total. The van der Waals surface area contributed by atoms with E-state index in [1.54, 1.807) is 0 Å². The van der Waals surface area contributed by atoms with E-state index < -0.39 is 0 Å². The van der Waals surface area contributed by atoms with Gasteiger partial charge in [-0.25, -0.2) is 4.79 Å². The molecule has 0 aliphatic heterocycles. The van der Waals surface area contributed by atoms with E-state index in [4.69, 9.17) is 5.11 Å². The summed E-state index contributed by atoms with van der Waals surface area (Å²) in [7, 11) is 0. The molecule has 5 heteroatoms. The summed E-state index contributed by atoms with van der Waals surface area (Å²) in [6, 6.07) is 5.56. The molecule has 1 atom stereocenters. The van der Waals surface area contributed by atoms with E-state index in [2.05, 4.69) is 33.2 Å². The molecule has 0 aromatic heterocycles. The van der Waals surface area contributed by atoms with Crippen LogP contribution in [0.3, 0.4) is 0 Å². The molecular formula is C12H17IN2O2. The predicted octanol–water partition coefficient (Wildman–Crippen LogP) is 2.49. The van der Waals surface area contributed by atoms with E-state index in [9.17, 15) is 4.79 Å². The van der Waals surface area contributed by atoms with E-state index in [-0.39, 0.29) is 18.7 Å². The fraction of sp³-hybridized carbons (Fsp3) is 0.417. The zero-order valence-electron chi connectivity index (χ0n) is 9.96. The van der Waals surface area contributed by atoms with Crippen molar-refractivity contribution in [3.8, 4) is 0 Å². The molecule has 0 fully saturated rings. The number of hydrogen-bond donors (Lipinski definition) is 3. The molecule has 0 saturated heterocycles. The van der Waals surface area contributed by atoms with Crippen LogP contribution in [-0.2, 0) is 0 Å². The maximum Gasteiger partial charge on any atom is 0.319 e. The molecule has 0 aliphatic rings. The van der Waals surface area contributed by atoms with Crippen LogP contribution in [0.5, 0.6) is 0 Å². The summed E-state index contributed by atoms with van der Waals surface area (Å²) < 4.78 is 1.14. The highest BCUT2D eigenvalue weighted by atomic mass is 127. The van der Waals surface area contributed by atoms with Crippen LogP contribution in [0.25, 0.3) is 0 Å². The number of carbonyl (C=O) groups excluding carboxylic acids is 1. The van der Waals surface area contributed by atoms with E-state index in [0.29, 0.717) is 6.42 Å². The first-order chi connectivity index (χ1) is 8.02. The minimum absolute atomic E-state index is 0.0378. The molecule has 0 spiro atoms. The van der Waals surface area contributed by atoms with Crippen LogP contribution < -0.4 is 10.6 Å². The highest BCUT2D eigenvalue weighted by molar-refractivity contribution is 14.1. The summed E-state index contributed by atoms with van der Waals surface area (Å²) in [5, 5.41) is 14.3. The van der Waals surface area contributed by atoms with Gasteiger partial charge in [0.2, 0.25) is 0 Å². The molecule has 0 radical (unpaired) electrons. The Hall–Kier alpha value is -0.820. The lowest BCUT2D eigenvalue weighted by atomic mass is 10.2. The fourth-order valence-electron chi connectivity index (χ4n) is 1.42. The minimum Gasteiger partial charge on any atom is -0.396 e. The Labute approximate surface area is 115 Å². The number of amides is 2. The van der Waals surface area contributed by atoms with Gasteiger partial charge in [-0.05, 0) is 66.6 Å². The van der Waals surface area contributed by atoms with Crippen LogP contribution in [0, 0.1) is 10.5 Å². The molecule has 17 heavy (non-hydrogen) atoms. The number of aliphatic hydroxyl groups is 1. The molecule has 1 rings (SSSR count). The first-order valence-electron chi connectivity index (χ1n) is 5.47. The Morgan fingerprint density at radius 3 is 2.82 bits per heavy atom. The topological polar surface area (TPSA) is 61.4 Å². The molecule has 0 bridgehead atoms. The van der Waals surface area contributed by atoms with Crippen LogP contribution in [-0.4, -0.2) is 23.8 Å². The summed E-state index contributed by atoms with van der Waals surface area (Å²) in [4.78, 5) is 11.6. The monoisotopic (exact) mass is 348 g/mol. The van der Waals surface area contributed by atoms with Crippen molar-refractivity contribution in [3.63, 3.8) is 0 Å². The van der Waals surface area contributed by atoms with E-state index in [0.717, 1.165) is 14.8 Å². The molecule has 0 saturated carbocycles. The Bertz CT molecular complexity index is 396. The Morgan fingerprint density at radius 1 is 1.53 bits per heavy atom. The quantitative estimate of drug-likeness (QED) is 0.733. The number of halogens is 1. The Balaban J connectivity index is 2.56. The van der Waals surface area contributed by atoms with E-state index in [1.807, 2.05) is 32.0 Å². The van der Waals surface area contributed by atoms with Crippen LogP contribution in [0.2, 0.25) is 0 Å². The third kappa shape index (κ3) is 4.91. The van der Waals surface area contributed by atoms with Gasteiger partial charge in [-0.15, -0.1) is 0 Å². The molecule has 94 valence electrons. The van der Waals surface area contributed by atoms with Gasteiger partial charge < -0.3 is 15.7 Å². The number of anilines is 1. The highest BCUT2D eigenvalue weighted by Crippen LogP contribution is 2.17. The number of rotatable bonds is 4. The van der Waals surface area contributed by atoms with Gasteiger partial charge in [0.15, 0.2) is 0 Å². The van der Waals surface area contributed by atoms with Crippen molar-refractivity contribution >= 4 is 34.3 Å². The van der Waals surface area contributed by atoms with Gasteiger partial charge in [-0.2, -0.15) is 0 Å². The molecule has 0 aliphatic carbocycles. The average molecular weight is 348 g/mol. The summed E-state index contributed by atoms with van der Waals surface area (Å²) in [6.45, 7) is 3.88. The molecule has 0 unspecified atom stereocenters. The van der Waals surface area contributed by atoms with Gasteiger partial charge in [-0.3, -0.25) is 0 Å². The van der Waals surface area contributed by atoms with Crippen LogP contribution >= 0.6 is 22.6 Å². The second-order valence-electron chi connectivity index (χ2n) is 3.97. The van der Waals surface area contributed by atoms with Crippen molar-refractivity contribution in [2.45, 2.75) is 26.3 Å². The first kappa shape index (κ1) is 14.2. The zero-order valence-corrected chi connectivity index (χ0v) is 12.1.